The number of anilines is 1. The molecule has 154 valence electrons. The summed E-state index contributed by atoms with van der Waals surface area (Å²) in [5.74, 6) is -1.13. The van der Waals surface area contributed by atoms with Gasteiger partial charge < -0.3 is 10.6 Å². The van der Waals surface area contributed by atoms with Crippen LogP contribution in [0.25, 0.3) is 5.69 Å². The van der Waals surface area contributed by atoms with Gasteiger partial charge in [0.15, 0.2) is 0 Å². The zero-order valence-corrected chi connectivity index (χ0v) is 17.4. The predicted octanol–water partition coefficient (Wildman–Crippen LogP) is 0.269. The van der Waals surface area contributed by atoms with Crippen molar-refractivity contribution < 1.29 is 18.0 Å². The number of primary amides is 1. The van der Waals surface area contributed by atoms with E-state index >= 15 is 0 Å². The second-order valence-corrected chi connectivity index (χ2v) is 9.07. The Kier molecular flexibility index (Phi) is 4.99. The Balaban J connectivity index is 2.26. The molecule has 3 rings (SSSR count). The summed E-state index contributed by atoms with van der Waals surface area (Å²) in [5.41, 5.74) is 6.72. The van der Waals surface area contributed by atoms with Crippen molar-refractivity contribution in [3.8, 4) is 5.69 Å². The van der Waals surface area contributed by atoms with E-state index in [9.17, 15) is 22.8 Å². The molecule has 0 aliphatic carbocycles. The molecule has 2 N–H and O–H groups in total. The average Bonchev–Trinajstić information content (AvgIpc) is 2.65. The number of nitrogens with two attached hydrogens (primary N) is 1. The van der Waals surface area contributed by atoms with E-state index in [2.05, 4.69) is 0 Å². The van der Waals surface area contributed by atoms with Crippen LogP contribution in [-0.4, -0.2) is 56.6 Å². The number of hydrogen-bond donors (Lipinski definition) is 1. The van der Waals surface area contributed by atoms with Crippen LogP contribution in [-0.2, 0) is 16.4 Å². The van der Waals surface area contributed by atoms with Crippen molar-refractivity contribution in [3.63, 3.8) is 0 Å². The lowest BCUT2D eigenvalue weighted by atomic mass is 9.93. The third kappa shape index (κ3) is 3.39. The molecule has 1 aliphatic rings. The third-order valence-corrected chi connectivity index (χ3v) is 6.38. The molecular weight excluding hydrogens is 396 g/mol. The van der Waals surface area contributed by atoms with Gasteiger partial charge >= 0.3 is 0 Å². The van der Waals surface area contributed by atoms with Crippen molar-refractivity contribution in [3.05, 3.63) is 57.0 Å². The number of aromatic nitrogens is 1. The summed E-state index contributed by atoms with van der Waals surface area (Å²) in [6.07, 6.45) is 1.48. The molecule has 1 aromatic heterocycles. The summed E-state index contributed by atoms with van der Waals surface area (Å²) >= 11 is 0. The smallest absolute Gasteiger partial charge is 0.266 e. The second-order valence-electron chi connectivity index (χ2n) is 7.06. The van der Waals surface area contributed by atoms with E-state index in [0.717, 1.165) is 10.6 Å². The number of likely N-dealkylation sites (N-methyl/N-ethyl adjacent to an activating group) is 1. The fourth-order valence-corrected chi connectivity index (χ4v) is 3.97. The number of hydrogen-bond acceptors (Lipinski definition) is 5. The minimum Gasteiger partial charge on any atom is -0.364 e. The number of pyridine rings is 1. The molecule has 29 heavy (non-hydrogen) atoms. The van der Waals surface area contributed by atoms with Gasteiger partial charge in [-0.1, -0.05) is 0 Å². The van der Waals surface area contributed by atoms with Gasteiger partial charge in [-0.15, -0.1) is 0 Å². The van der Waals surface area contributed by atoms with Gasteiger partial charge in [0.2, 0.25) is 10.0 Å². The van der Waals surface area contributed by atoms with Gasteiger partial charge in [0.05, 0.1) is 17.5 Å². The Labute approximate surface area is 168 Å². The van der Waals surface area contributed by atoms with Crippen LogP contribution >= 0.6 is 0 Å². The molecule has 0 saturated heterocycles. The van der Waals surface area contributed by atoms with Crippen LogP contribution in [0.2, 0.25) is 0 Å². The van der Waals surface area contributed by atoms with Crippen LogP contribution in [0.4, 0.5) is 5.69 Å². The van der Waals surface area contributed by atoms with Gasteiger partial charge in [0.1, 0.15) is 5.69 Å². The molecule has 0 bridgehead atoms. The van der Waals surface area contributed by atoms with Crippen molar-refractivity contribution in [2.45, 2.75) is 13.3 Å². The van der Waals surface area contributed by atoms with Crippen molar-refractivity contribution in [2.75, 3.05) is 31.2 Å². The first-order valence-corrected chi connectivity index (χ1v) is 10.7. The van der Waals surface area contributed by atoms with E-state index in [-0.39, 0.29) is 22.7 Å². The number of sulfonamides is 1. The van der Waals surface area contributed by atoms with Gasteiger partial charge in [-0.25, -0.2) is 8.42 Å². The average molecular weight is 418 g/mol. The molecule has 0 spiro atoms. The first kappa shape index (κ1) is 20.6. The maximum Gasteiger partial charge on any atom is 0.266 e. The zero-order valence-electron chi connectivity index (χ0n) is 16.6. The minimum atomic E-state index is -3.44. The number of rotatable bonds is 4. The van der Waals surface area contributed by atoms with Gasteiger partial charge in [0.25, 0.3) is 17.4 Å². The summed E-state index contributed by atoms with van der Waals surface area (Å²) in [4.78, 5) is 39.4. The van der Waals surface area contributed by atoms with Crippen molar-refractivity contribution >= 4 is 27.5 Å². The number of nitrogens with zero attached hydrogens (tertiary/aromatic N) is 3. The van der Waals surface area contributed by atoms with Crippen molar-refractivity contribution in [1.82, 2.24) is 9.47 Å². The van der Waals surface area contributed by atoms with E-state index in [1.54, 1.807) is 14.0 Å². The highest BCUT2D eigenvalue weighted by atomic mass is 32.2. The number of benzene rings is 1. The Hall–Kier alpha value is -3.14. The molecule has 2 heterocycles. The highest BCUT2D eigenvalue weighted by Crippen LogP contribution is 2.26. The normalized spacial score (nSPS) is 13.9. The van der Waals surface area contributed by atoms with Crippen LogP contribution in [0.15, 0.2) is 29.1 Å². The predicted molar refractivity (Wildman–Crippen MR) is 109 cm³/mol. The van der Waals surface area contributed by atoms with E-state index in [1.807, 2.05) is 0 Å². The molecule has 1 aromatic carbocycles. The van der Waals surface area contributed by atoms with Crippen LogP contribution in [0.3, 0.4) is 0 Å². The van der Waals surface area contributed by atoms with Crippen LogP contribution < -0.4 is 15.6 Å². The zero-order chi connectivity index (χ0) is 21.7. The van der Waals surface area contributed by atoms with E-state index in [1.165, 1.54) is 40.8 Å². The molecule has 0 saturated carbocycles. The molecular formula is C19H22N4O5S. The lowest BCUT2D eigenvalue weighted by Crippen LogP contribution is -2.41. The van der Waals surface area contributed by atoms with Gasteiger partial charge in [0, 0.05) is 31.9 Å². The highest BCUT2D eigenvalue weighted by molar-refractivity contribution is 7.92. The first-order chi connectivity index (χ1) is 13.4. The quantitative estimate of drug-likeness (QED) is 0.763. The third-order valence-electron chi connectivity index (χ3n) is 5.17. The van der Waals surface area contributed by atoms with Gasteiger partial charge in [-0.05, 0) is 43.2 Å². The van der Waals surface area contributed by atoms with Crippen molar-refractivity contribution in [2.24, 2.45) is 5.73 Å². The maximum atomic E-state index is 13.1. The maximum absolute atomic E-state index is 13.1. The van der Waals surface area contributed by atoms with Gasteiger partial charge in [-0.2, -0.15) is 0 Å². The van der Waals surface area contributed by atoms with E-state index in [4.69, 9.17) is 5.73 Å². The summed E-state index contributed by atoms with van der Waals surface area (Å²) < 4.78 is 25.7. The molecule has 0 atom stereocenters. The molecule has 0 radical (unpaired) electrons. The molecule has 10 heteroatoms. The lowest BCUT2D eigenvalue weighted by molar-refractivity contribution is 0.0779. The molecule has 2 aromatic rings. The van der Waals surface area contributed by atoms with Crippen LogP contribution in [0.5, 0.6) is 0 Å². The number of carbonyl (C=O) groups excluding carboxylic acids is 2. The number of carbonyl (C=O) groups is 2. The highest BCUT2D eigenvalue weighted by Gasteiger charge is 2.31. The molecule has 0 unspecified atom stereocenters. The fourth-order valence-electron chi connectivity index (χ4n) is 3.47. The lowest BCUT2D eigenvalue weighted by Gasteiger charge is -2.28. The summed E-state index contributed by atoms with van der Waals surface area (Å²) in [6.45, 7) is 1.95. The standard InChI is InChI=1S/C19H22N4O5S/c1-11-15-14(9-10-21(2)19(15)26)16(17(20)24)23(18(11)25)13-7-5-12(6-8-13)22(3)29(4,27)28/h5-8H,9-10H2,1-4H3,(H2,20,24). The molecule has 9 nitrogen and oxygen atoms in total. The number of fused-ring (bicyclic) bond motifs is 1. The number of amides is 2. The first-order valence-electron chi connectivity index (χ1n) is 8.83. The summed E-state index contributed by atoms with van der Waals surface area (Å²) in [7, 11) is -0.395. The van der Waals surface area contributed by atoms with Crippen LogP contribution in [0, 0.1) is 6.92 Å². The van der Waals surface area contributed by atoms with Crippen LogP contribution in [0.1, 0.15) is 32.0 Å². The molecule has 0 fully saturated rings. The van der Waals surface area contributed by atoms with Crippen molar-refractivity contribution in [1.29, 1.82) is 0 Å². The Morgan fingerprint density at radius 1 is 1.17 bits per heavy atom. The largest absolute Gasteiger partial charge is 0.364 e. The Morgan fingerprint density at radius 3 is 2.28 bits per heavy atom. The van der Waals surface area contributed by atoms with E-state index < -0.39 is 21.5 Å². The van der Waals surface area contributed by atoms with Gasteiger partial charge in [-0.3, -0.25) is 23.3 Å². The SMILES string of the molecule is Cc1c2c(c(C(N)=O)n(-c3ccc(N(C)S(C)(=O)=O)cc3)c1=O)CCN(C)C2=O. The Morgan fingerprint density at radius 2 is 1.76 bits per heavy atom. The van der Waals surface area contributed by atoms with E-state index in [0.29, 0.717) is 29.9 Å². The summed E-state index contributed by atoms with van der Waals surface area (Å²) in [5, 5.41) is 0. The minimum absolute atomic E-state index is 0.0266. The molecule has 1 aliphatic heterocycles. The molecule has 2 amide bonds. The summed E-state index contributed by atoms with van der Waals surface area (Å²) in [6, 6.07) is 6.13. The Bertz CT molecular complexity index is 1180. The fraction of sp³-hybridized carbons (Fsp3) is 0.316. The second kappa shape index (κ2) is 7.03. The monoisotopic (exact) mass is 418 g/mol. The topological polar surface area (TPSA) is 123 Å².